The van der Waals surface area contributed by atoms with Crippen LogP contribution in [-0.2, 0) is 18.8 Å². The summed E-state index contributed by atoms with van der Waals surface area (Å²) in [6.07, 6.45) is 0.831. The molecule has 0 atom stereocenters. The summed E-state index contributed by atoms with van der Waals surface area (Å²) in [5.74, 6) is 4.78. The highest BCUT2D eigenvalue weighted by molar-refractivity contribution is 7.98. The molecule has 0 spiro atoms. The van der Waals surface area contributed by atoms with E-state index < -0.39 is 4.92 Å². The van der Waals surface area contributed by atoms with Crippen molar-refractivity contribution in [1.82, 2.24) is 9.80 Å². The average molecular weight is 435 g/mol. The van der Waals surface area contributed by atoms with Gasteiger partial charge in [0.2, 0.25) is 6.79 Å². The van der Waals surface area contributed by atoms with Crippen molar-refractivity contribution in [3.8, 4) is 11.5 Å². The zero-order chi connectivity index (χ0) is 21.5. The lowest BCUT2D eigenvalue weighted by Crippen LogP contribution is -2.30. The smallest absolute Gasteiger partial charge is 0.274 e. The first-order valence-electron chi connectivity index (χ1n) is 9.45. The maximum Gasteiger partial charge on any atom is 0.274 e. The van der Waals surface area contributed by atoms with Gasteiger partial charge < -0.3 is 29.4 Å². The van der Waals surface area contributed by atoms with E-state index in [0.29, 0.717) is 24.6 Å². The summed E-state index contributed by atoms with van der Waals surface area (Å²) >= 11 is 1.69. The van der Waals surface area contributed by atoms with Crippen LogP contribution in [0.4, 0.5) is 0 Å². The van der Waals surface area contributed by atoms with Gasteiger partial charge in [-0.3, -0.25) is 10.1 Å². The van der Waals surface area contributed by atoms with Crippen LogP contribution in [0, 0.1) is 10.1 Å². The number of nitro groups is 1. The van der Waals surface area contributed by atoms with E-state index >= 15 is 0 Å². The van der Waals surface area contributed by atoms with Gasteiger partial charge in [-0.15, -0.1) is 0 Å². The first kappa shape index (κ1) is 21.8. The predicted molar refractivity (Wildman–Crippen MR) is 115 cm³/mol. The minimum atomic E-state index is -0.537. The first-order valence-corrected chi connectivity index (χ1v) is 10.6. The second kappa shape index (κ2) is 10.3. The molecular formula is C20H26N4O5S. The van der Waals surface area contributed by atoms with E-state index in [0.717, 1.165) is 41.3 Å². The van der Waals surface area contributed by atoms with Gasteiger partial charge in [-0.1, -0.05) is 6.07 Å². The Hall–Kier alpha value is -2.85. The van der Waals surface area contributed by atoms with Gasteiger partial charge in [0.1, 0.15) is 11.5 Å². The number of fused-ring (bicyclic) bond motifs is 1. The molecule has 0 fully saturated rings. The lowest BCUT2D eigenvalue weighted by molar-refractivity contribution is -0.404. The van der Waals surface area contributed by atoms with E-state index in [1.165, 1.54) is 0 Å². The maximum atomic E-state index is 10.9. The molecule has 162 valence electrons. The van der Waals surface area contributed by atoms with Crippen molar-refractivity contribution in [1.29, 1.82) is 0 Å². The van der Waals surface area contributed by atoms with Crippen LogP contribution in [0.1, 0.15) is 17.1 Å². The molecule has 3 rings (SSSR count). The van der Waals surface area contributed by atoms with Gasteiger partial charge in [0.05, 0.1) is 17.2 Å². The van der Waals surface area contributed by atoms with Gasteiger partial charge in [0, 0.05) is 18.8 Å². The van der Waals surface area contributed by atoms with E-state index in [1.807, 2.05) is 49.3 Å². The van der Waals surface area contributed by atoms with Crippen molar-refractivity contribution in [3.63, 3.8) is 0 Å². The van der Waals surface area contributed by atoms with Gasteiger partial charge in [-0.2, -0.15) is 11.8 Å². The summed E-state index contributed by atoms with van der Waals surface area (Å²) in [5.41, 5.74) is 6.91. The van der Waals surface area contributed by atoms with E-state index in [1.54, 1.807) is 16.7 Å². The largest absolute Gasteiger partial charge is 0.464 e. The molecule has 0 saturated carbocycles. The SMILES string of the molecule is CN(C)Cc1ccc(CSCCN(Cc2ccc3c(c2)OCO3)C(N)=C[N+](=O)[O-])o1. The van der Waals surface area contributed by atoms with Crippen LogP contribution in [-0.4, -0.2) is 47.9 Å². The molecule has 0 saturated heterocycles. The summed E-state index contributed by atoms with van der Waals surface area (Å²) in [7, 11) is 3.99. The molecule has 1 aliphatic heterocycles. The molecule has 30 heavy (non-hydrogen) atoms. The number of ether oxygens (including phenoxy) is 2. The molecule has 0 bridgehead atoms. The second-order valence-corrected chi connectivity index (χ2v) is 8.21. The molecule has 2 N–H and O–H groups in total. The van der Waals surface area contributed by atoms with E-state index in [4.69, 9.17) is 19.6 Å². The number of nitrogens with zero attached hydrogens (tertiary/aromatic N) is 3. The fourth-order valence-corrected chi connectivity index (χ4v) is 3.84. The van der Waals surface area contributed by atoms with Gasteiger partial charge >= 0.3 is 0 Å². The molecule has 0 amide bonds. The molecule has 2 heterocycles. The van der Waals surface area contributed by atoms with Gasteiger partial charge in [-0.25, -0.2) is 0 Å². The van der Waals surface area contributed by atoms with Crippen molar-refractivity contribution in [2.24, 2.45) is 5.73 Å². The summed E-state index contributed by atoms with van der Waals surface area (Å²) in [4.78, 5) is 14.2. The minimum Gasteiger partial charge on any atom is -0.464 e. The Bertz CT molecular complexity index is 899. The number of rotatable bonds is 11. The Morgan fingerprint density at radius 3 is 2.73 bits per heavy atom. The Morgan fingerprint density at radius 1 is 1.20 bits per heavy atom. The molecule has 1 aromatic carbocycles. The van der Waals surface area contributed by atoms with Crippen LogP contribution in [0.2, 0.25) is 0 Å². The van der Waals surface area contributed by atoms with Gasteiger partial charge in [0.25, 0.3) is 6.20 Å². The zero-order valence-corrected chi connectivity index (χ0v) is 17.9. The van der Waals surface area contributed by atoms with E-state index in [-0.39, 0.29) is 12.6 Å². The third-order valence-corrected chi connectivity index (χ3v) is 5.31. The van der Waals surface area contributed by atoms with Gasteiger partial charge in [-0.05, 0) is 43.9 Å². The van der Waals surface area contributed by atoms with Crippen LogP contribution in [0.5, 0.6) is 11.5 Å². The predicted octanol–water partition coefficient (Wildman–Crippen LogP) is 2.84. The quantitative estimate of drug-likeness (QED) is 0.324. The second-order valence-electron chi connectivity index (χ2n) is 7.11. The molecule has 2 aromatic rings. The van der Waals surface area contributed by atoms with Crippen LogP contribution in [0.15, 0.2) is 46.8 Å². The van der Waals surface area contributed by atoms with Crippen molar-refractivity contribution in [2.75, 3.05) is 33.2 Å². The number of hydrogen-bond acceptors (Lipinski definition) is 9. The molecule has 0 unspecified atom stereocenters. The van der Waals surface area contributed by atoms with Crippen molar-refractivity contribution in [2.45, 2.75) is 18.8 Å². The van der Waals surface area contributed by atoms with Crippen molar-refractivity contribution >= 4 is 11.8 Å². The zero-order valence-electron chi connectivity index (χ0n) is 17.1. The summed E-state index contributed by atoms with van der Waals surface area (Å²) in [6.45, 7) is 1.95. The Morgan fingerprint density at radius 2 is 1.97 bits per heavy atom. The fourth-order valence-electron chi connectivity index (χ4n) is 2.99. The normalized spacial score (nSPS) is 13.1. The summed E-state index contributed by atoms with van der Waals surface area (Å²) < 4.78 is 16.5. The number of furan rings is 1. The Labute approximate surface area is 179 Å². The van der Waals surface area contributed by atoms with Crippen molar-refractivity contribution in [3.05, 3.63) is 69.6 Å². The lowest BCUT2D eigenvalue weighted by atomic mass is 10.2. The Balaban J connectivity index is 1.56. The highest BCUT2D eigenvalue weighted by Crippen LogP contribution is 2.33. The highest BCUT2D eigenvalue weighted by atomic mass is 32.2. The monoisotopic (exact) mass is 434 g/mol. The summed E-state index contributed by atoms with van der Waals surface area (Å²) in [6, 6.07) is 9.58. The highest BCUT2D eigenvalue weighted by Gasteiger charge is 2.16. The summed E-state index contributed by atoms with van der Waals surface area (Å²) in [5, 5.41) is 10.9. The average Bonchev–Trinajstić information content (AvgIpc) is 3.31. The molecule has 0 radical (unpaired) electrons. The molecule has 1 aromatic heterocycles. The topological polar surface area (TPSA) is 107 Å². The van der Waals surface area contributed by atoms with E-state index in [2.05, 4.69) is 0 Å². The lowest BCUT2D eigenvalue weighted by Gasteiger charge is -2.23. The van der Waals surface area contributed by atoms with Crippen LogP contribution in [0.3, 0.4) is 0 Å². The Kier molecular flexibility index (Phi) is 7.47. The number of nitrogens with two attached hydrogens (primary N) is 1. The number of thioether (sulfide) groups is 1. The van der Waals surface area contributed by atoms with Gasteiger partial charge in [0.15, 0.2) is 17.3 Å². The van der Waals surface area contributed by atoms with Crippen molar-refractivity contribution < 1.29 is 18.8 Å². The molecule has 1 aliphatic rings. The molecular weight excluding hydrogens is 408 g/mol. The standard InChI is InChI=1S/C20H26N4O5S/c1-22(2)11-16-4-5-17(29-16)13-30-8-7-23(20(21)12-24(25)26)10-15-3-6-18-19(9-15)28-14-27-18/h3-6,9,12H,7-8,10-11,13-14,21H2,1-2H3. The molecule has 10 heteroatoms. The maximum absolute atomic E-state index is 10.9. The fraction of sp³-hybridized carbons (Fsp3) is 0.400. The van der Waals surface area contributed by atoms with Crippen LogP contribution >= 0.6 is 11.8 Å². The van der Waals surface area contributed by atoms with E-state index in [9.17, 15) is 10.1 Å². The number of hydrogen-bond donors (Lipinski definition) is 1. The first-order chi connectivity index (χ1) is 14.4. The number of benzene rings is 1. The van der Waals surface area contributed by atoms with Crippen LogP contribution < -0.4 is 15.2 Å². The third-order valence-electron chi connectivity index (χ3n) is 4.35. The van der Waals surface area contributed by atoms with Crippen LogP contribution in [0.25, 0.3) is 0 Å². The minimum absolute atomic E-state index is 0.115. The molecule has 0 aliphatic carbocycles. The molecule has 9 nitrogen and oxygen atoms in total. The third kappa shape index (κ3) is 6.33.